The van der Waals surface area contributed by atoms with Crippen LogP contribution in [-0.2, 0) is 29.1 Å². The molecule has 26 heavy (non-hydrogen) atoms. The number of carbonyl (C=O) groups excluding carboxylic acids is 2. The van der Waals surface area contributed by atoms with Gasteiger partial charge in [-0.2, -0.15) is 0 Å². The molecular formula is C16H12O8S2. The summed E-state index contributed by atoms with van der Waals surface area (Å²) in [5, 5.41) is 0. The highest BCUT2D eigenvalue weighted by atomic mass is 32.2. The Morgan fingerprint density at radius 3 is 1.31 bits per heavy atom. The average Bonchev–Trinajstić information content (AvgIpc) is 2.64. The van der Waals surface area contributed by atoms with Crippen molar-refractivity contribution in [3.63, 3.8) is 0 Å². The Bertz CT molecular complexity index is 1070. The van der Waals surface area contributed by atoms with E-state index in [1.54, 1.807) is 0 Å². The minimum Gasteiger partial charge on any atom is -0.465 e. The summed E-state index contributed by atoms with van der Waals surface area (Å²) in [6, 6.07) is 6.31. The fourth-order valence-electron chi connectivity index (χ4n) is 2.61. The summed E-state index contributed by atoms with van der Waals surface area (Å²) in [5.41, 5.74) is -0.195. The summed E-state index contributed by atoms with van der Waals surface area (Å²) in [6.45, 7) is 0. The number of sulfone groups is 2. The number of esters is 2. The second-order valence-electron chi connectivity index (χ2n) is 5.31. The Morgan fingerprint density at radius 2 is 1.00 bits per heavy atom. The van der Waals surface area contributed by atoms with Crippen molar-refractivity contribution in [2.75, 3.05) is 14.2 Å². The zero-order valence-electron chi connectivity index (χ0n) is 13.5. The molecule has 10 heteroatoms. The smallest absolute Gasteiger partial charge is 0.337 e. The third-order valence-electron chi connectivity index (χ3n) is 3.89. The first-order valence-corrected chi connectivity index (χ1v) is 10.1. The van der Waals surface area contributed by atoms with Crippen LogP contribution < -0.4 is 0 Å². The Morgan fingerprint density at radius 1 is 0.654 bits per heavy atom. The predicted octanol–water partition coefficient (Wildman–Crippen LogP) is 1.24. The summed E-state index contributed by atoms with van der Waals surface area (Å²) >= 11 is 0. The molecule has 0 N–H and O–H groups in total. The molecule has 136 valence electrons. The van der Waals surface area contributed by atoms with Gasteiger partial charge in [0.25, 0.3) is 0 Å². The molecule has 0 unspecified atom stereocenters. The lowest BCUT2D eigenvalue weighted by atomic mass is 10.2. The van der Waals surface area contributed by atoms with Crippen LogP contribution in [0.15, 0.2) is 56.0 Å². The highest BCUT2D eigenvalue weighted by molar-refractivity contribution is 7.97. The first-order valence-electron chi connectivity index (χ1n) is 7.09. The lowest BCUT2D eigenvalue weighted by Crippen LogP contribution is -2.21. The molecule has 0 radical (unpaired) electrons. The predicted molar refractivity (Wildman–Crippen MR) is 86.5 cm³/mol. The second kappa shape index (κ2) is 5.92. The van der Waals surface area contributed by atoms with Gasteiger partial charge in [-0.15, -0.1) is 0 Å². The standard InChI is InChI=1S/C16H12O8S2/c1-23-15(17)9-3-5-11-13(7-9)25(19,20)12-6-4-10(16(18)24-2)8-14(12)26(11,21)22/h3-8H,1-2H3. The molecule has 0 aliphatic carbocycles. The van der Waals surface area contributed by atoms with Gasteiger partial charge in [-0.1, -0.05) is 0 Å². The number of benzene rings is 2. The third kappa shape index (κ3) is 2.49. The molecule has 2 aromatic rings. The molecular weight excluding hydrogens is 384 g/mol. The molecule has 2 aromatic carbocycles. The van der Waals surface area contributed by atoms with E-state index in [0.29, 0.717) is 0 Å². The van der Waals surface area contributed by atoms with Crippen LogP contribution in [0.3, 0.4) is 0 Å². The number of methoxy groups -OCH3 is 2. The van der Waals surface area contributed by atoms with E-state index in [-0.39, 0.29) is 11.1 Å². The molecule has 3 rings (SSSR count). The Labute approximate surface area is 149 Å². The number of rotatable bonds is 2. The van der Waals surface area contributed by atoms with Crippen molar-refractivity contribution in [1.29, 1.82) is 0 Å². The first-order chi connectivity index (χ1) is 12.1. The fraction of sp³-hybridized carbons (Fsp3) is 0.125. The molecule has 0 saturated heterocycles. The Kier molecular flexibility index (Phi) is 4.12. The highest BCUT2D eigenvalue weighted by Crippen LogP contribution is 2.41. The molecule has 8 nitrogen and oxygen atoms in total. The third-order valence-corrected chi connectivity index (χ3v) is 7.85. The Hall–Kier alpha value is -2.72. The van der Waals surface area contributed by atoms with Crippen LogP contribution in [0.1, 0.15) is 20.7 Å². The lowest BCUT2D eigenvalue weighted by Gasteiger charge is -2.21. The maximum absolute atomic E-state index is 12.9. The zero-order chi connectivity index (χ0) is 19.3. The van der Waals surface area contributed by atoms with Crippen LogP contribution in [-0.4, -0.2) is 43.0 Å². The summed E-state index contributed by atoms with van der Waals surface area (Å²) < 4.78 is 60.5. The normalized spacial score (nSPS) is 16.1. The lowest BCUT2D eigenvalue weighted by molar-refractivity contribution is 0.0591. The molecule has 1 heterocycles. The van der Waals surface area contributed by atoms with E-state index in [9.17, 15) is 26.4 Å². The maximum atomic E-state index is 12.9. The number of fused-ring (bicyclic) bond motifs is 2. The SMILES string of the molecule is COC(=O)c1ccc2c(c1)S(=O)(=O)c1ccc(C(=O)OC)cc1S2(=O)=O. The van der Waals surface area contributed by atoms with E-state index >= 15 is 0 Å². The number of ether oxygens (including phenoxy) is 2. The van der Waals surface area contributed by atoms with Crippen molar-refractivity contribution >= 4 is 31.6 Å². The van der Waals surface area contributed by atoms with Crippen molar-refractivity contribution in [1.82, 2.24) is 0 Å². The first kappa shape index (κ1) is 18.1. The summed E-state index contributed by atoms with van der Waals surface area (Å²) in [7, 11) is -6.21. The van der Waals surface area contributed by atoms with E-state index in [4.69, 9.17) is 0 Å². The maximum Gasteiger partial charge on any atom is 0.337 e. The minimum absolute atomic E-state index is 0.0975. The molecule has 0 saturated carbocycles. The van der Waals surface area contributed by atoms with Crippen LogP contribution in [0.2, 0.25) is 0 Å². The van der Waals surface area contributed by atoms with Gasteiger partial charge in [0.15, 0.2) is 0 Å². The quantitative estimate of drug-likeness (QED) is 0.593. The molecule has 1 aliphatic heterocycles. The monoisotopic (exact) mass is 396 g/mol. The molecule has 0 bridgehead atoms. The van der Waals surface area contributed by atoms with E-state index in [2.05, 4.69) is 9.47 Å². The summed E-state index contributed by atoms with van der Waals surface area (Å²) in [4.78, 5) is 21.3. The fourth-order valence-corrected chi connectivity index (χ4v) is 6.77. The second-order valence-corrected chi connectivity index (χ2v) is 9.09. The van der Waals surface area contributed by atoms with Gasteiger partial charge in [0.1, 0.15) is 0 Å². The molecule has 1 aliphatic rings. The van der Waals surface area contributed by atoms with E-state index in [1.807, 2.05) is 0 Å². The van der Waals surface area contributed by atoms with E-state index < -0.39 is 51.2 Å². The van der Waals surface area contributed by atoms with Crippen molar-refractivity contribution in [3.05, 3.63) is 47.5 Å². The molecule has 0 amide bonds. The van der Waals surface area contributed by atoms with Gasteiger partial charge in [0, 0.05) is 0 Å². The number of hydrogen-bond acceptors (Lipinski definition) is 8. The van der Waals surface area contributed by atoms with Crippen LogP contribution in [0.4, 0.5) is 0 Å². The molecule has 0 spiro atoms. The van der Waals surface area contributed by atoms with Crippen LogP contribution in [0, 0.1) is 0 Å². The summed E-state index contributed by atoms with van der Waals surface area (Å²) in [6.07, 6.45) is 0. The van der Waals surface area contributed by atoms with Crippen LogP contribution >= 0.6 is 0 Å². The number of hydrogen-bond donors (Lipinski definition) is 0. The van der Waals surface area contributed by atoms with Crippen molar-refractivity contribution in [2.45, 2.75) is 19.6 Å². The number of carbonyl (C=O) groups is 2. The van der Waals surface area contributed by atoms with Crippen LogP contribution in [0.5, 0.6) is 0 Å². The average molecular weight is 396 g/mol. The van der Waals surface area contributed by atoms with Crippen molar-refractivity contribution in [2.24, 2.45) is 0 Å². The van der Waals surface area contributed by atoms with Gasteiger partial charge in [-0.05, 0) is 36.4 Å². The summed E-state index contributed by atoms with van der Waals surface area (Å²) in [5.74, 6) is -1.60. The van der Waals surface area contributed by atoms with Gasteiger partial charge in [0.05, 0.1) is 44.9 Å². The van der Waals surface area contributed by atoms with Gasteiger partial charge >= 0.3 is 11.9 Å². The highest BCUT2D eigenvalue weighted by Gasteiger charge is 2.40. The van der Waals surface area contributed by atoms with Gasteiger partial charge in [-0.25, -0.2) is 26.4 Å². The van der Waals surface area contributed by atoms with Crippen molar-refractivity contribution in [3.8, 4) is 0 Å². The van der Waals surface area contributed by atoms with Crippen LogP contribution in [0.25, 0.3) is 0 Å². The molecule has 0 aromatic heterocycles. The van der Waals surface area contributed by atoms with E-state index in [0.717, 1.165) is 50.6 Å². The molecule has 0 fully saturated rings. The van der Waals surface area contributed by atoms with E-state index in [1.165, 1.54) is 0 Å². The Balaban J connectivity index is 2.34. The largest absolute Gasteiger partial charge is 0.465 e. The minimum atomic E-state index is -4.22. The van der Waals surface area contributed by atoms with Gasteiger partial charge in [0.2, 0.25) is 19.7 Å². The van der Waals surface area contributed by atoms with Gasteiger partial charge in [-0.3, -0.25) is 0 Å². The van der Waals surface area contributed by atoms with Gasteiger partial charge < -0.3 is 9.47 Å². The topological polar surface area (TPSA) is 121 Å². The van der Waals surface area contributed by atoms with Crippen molar-refractivity contribution < 1.29 is 35.9 Å². The zero-order valence-corrected chi connectivity index (χ0v) is 15.2. The molecule has 0 atom stereocenters.